The molecule has 0 aromatic heterocycles. The molecule has 0 saturated carbocycles. The lowest BCUT2D eigenvalue weighted by Gasteiger charge is -2.42. The van der Waals surface area contributed by atoms with Gasteiger partial charge >= 0.3 is 14.8 Å². The summed E-state index contributed by atoms with van der Waals surface area (Å²) in [5.41, 5.74) is 0. The summed E-state index contributed by atoms with van der Waals surface area (Å²) in [4.78, 5) is 11.5. The molecule has 0 amide bonds. The van der Waals surface area contributed by atoms with Gasteiger partial charge in [-0.1, -0.05) is 6.58 Å². The number of carbonyl (C=O) groups excluding carboxylic acids is 1. The van der Waals surface area contributed by atoms with Gasteiger partial charge in [0.25, 0.3) is 0 Å². The normalized spacial score (nSPS) is 13.9. The summed E-state index contributed by atoms with van der Waals surface area (Å²) in [6, 6.07) is 0. The SMILES string of the molecule is C=CC(=O)OC[Si](O[Si](C)(C)C)(O[Si](C)(C)C)O[Si](C)(C)C. The van der Waals surface area contributed by atoms with Crippen LogP contribution in [0.4, 0.5) is 0 Å². The first-order chi connectivity index (χ1) is 9.58. The molecule has 0 N–H and O–H groups in total. The van der Waals surface area contributed by atoms with Crippen LogP contribution in [0.2, 0.25) is 58.9 Å². The van der Waals surface area contributed by atoms with Crippen LogP contribution in [0.1, 0.15) is 0 Å². The molecule has 0 radical (unpaired) electrons. The second-order valence-electron chi connectivity index (χ2n) is 8.14. The quantitative estimate of drug-likeness (QED) is 0.346. The van der Waals surface area contributed by atoms with E-state index >= 15 is 0 Å². The second-order valence-corrected chi connectivity index (χ2v) is 24.9. The maximum absolute atomic E-state index is 11.5. The molecule has 0 unspecified atom stereocenters. The van der Waals surface area contributed by atoms with Gasteiger partial charge < -0.3 is 17.1 Å². The zero-order valence-electron chi connectivity index (χ0n) is 15.5. The van der Waals surface area contributed by atoms with Crippen molar-refractivity contribution >= 4 is 39.7 Å². The summed E-state index contributed by atoms with van der Waals surface area (Å²) >= 11 is 0. The Kier molecular flexibility index (Phi) is 7.67. The molecular weight excluding hydrogens is 348 g/mol. The predicted octanol–water partition coefficient (Wildman–Crippen LogP) is 3.75. The highest BCUT2D eigenvalue weighted by Gasteiger charge is 2.51. The van der Waals surface area contributed by atoms with E-state index in [1.165, 1.54) is 0 Å². The third-order valence-corrected chi connectivity index (χ3v) is 13.5. The van der Waals surface area contributed by atoms with Gasteiger partial charge in [-0.3, -0.25) is 0 Å². The standard InChI is InChI=1S/C13H32O5Si4/c1-11-13(14)15-12-22(16-19(2,3)4,17-20(5,6)7)18-21(8,9)10/h11H,1,12H2,2-10H3. The average Bonchev–Trinajstić information content (AvgIpc) is 2.18. The summed E-state index contributed by atoms with van der Waals surface area (Å²) in [5.74, 6) is -0.477. The first kappa shape index (κ1) is 22.0. The molecule has 0 bridgehead atoms. The van der Waals surface area contributed by atoms with Crippen LogP contribution in [0.3, 0.4) is 0 Å². The molecule has 9 heteroatoms. The first-order valence-corrected chi connectivity index (χ1v) is 19.6. The van der Waals surface area contributed by atoms with E-state index in [0.717, 1.165) is 6.08 Å². The van der Waals surface area contributed by atoms with E-state index < -0.39 is 39.7 Å². The molecule has 0 rings (SSSR count). The molecule has 22 heavy (non-hydrogen) atoms. The topological polar surface area (TPSA) is 54.0 Å². The van der Waals surface area contributed by atoms with E-state index in [2.05, 4.69) is 65.5 Å². The molecule has 0 saturated heterocycles. The Morgan fingerprint density at radius 2 is 1.14 bits per heavy atom. The molecule has 0 heterocycles. The van der Waals surface area contributed by atoms with Crippen molar-refractivity contribution in [1.82, 2.24) is 0 Å². The molecule has 0 aromatic carbocycles. The van der Waals surface area contributed by atoms with Gasteiger partial charge in [-0.2, -0.15) is 0 Å². The van der Waals surface area contributed by atoms with Crippen molar-refractivity contribution in [3.8, 4) is 0 Å². The number of hydrogen-bond acceptors (Lipinski definition) is 5. The van der Waals surface area contributed by atoms with Crippen molar-refractivity contribution in [2.75, 3.05) is 6.23 Å². The van der Waals surface area contributed by atoms with Crippen LogP contribution >= 0.6 is 0 Å². The van der Waals surface area contributed by atoms with E-state index in [4.69, 9.17) is 17.1 Å². The van der Waals surface area contributed by atoms with E-state index in [1.807, 2.05) is 0 Å². The Morgan fingerprint density at radius 3 is 1.36 bits per heavy atom. The molecule has 0 fully saturated rings. The largest absolute Gasteiger partial charge is 0.509 e. The molecule has 0 aromatic rings. The van der Waals surface area contributed by atoms with Gasteiger partial charge in [-0.15, -0.1) is 0 Å². The van der Waals surface area contributed by atoms with Crippen molar-refractivity contribution < 1.29 is 21.9 Å². The molecule has 0 aliphatic rings. The number of carbonyl (C=O) groups is 1. The van der Waals surface area contributed by atoms with E-state index in [9.17, 15) is 4.79 Å². The van der Waals surface area contributed by atoms with Crippen LogP contribution in [-0.2, 0) is 21.9 Å². The maximum atomic E-state index is 11.5. The average molecular weight is 381 g/mol. The first-order valence-electron chi connectivity index (χ1n) is 7.47. The number of hydrogen-bond donors (Lipinski definition) is 0. The summed E-state index contributed by atoms with van der Waals surface area (Å²) < 4.78 is 24.4. The van der Waals surface area contributed by atoms with Crippen LogP contribution < -0.4 is 0 Å². The lowest BCUT2D eigenvalue weighted by molar-refractivity contribution is -0.137. The number of ether oxygens (including phenoxy) is 1. The molecule has 5 nitrogen and oxygen atoms in total. The number of rotatable bonds is 9. The van der Waals surface area contributed by atoms with Crippen molar-refractivity contribution in [3.63, 3.8) is 0 Å². The smallest absolute Gasteiger partial charge is 0.458 e. The Balaban J connectivity index is 5.57. The summed E-state index contributed by atoms with van der Waals surface area (Å²) in [6.07, 6.45) is 1.20. The minimum atomic E-state index is -3.09. The third kappa shape index (κ3) is 10.6. The second kappa shape index (κ2) is 7.69. The molecule has 130 valence electrons. The van der Waals surface area contributed by atoms with Crippen LogP contribution in [-0.4, -0.2) is 46.0 Å². The van der Waals surface area contributed by atoms with Crippen molar-refractivity contribution in [2.45, 2.75) is 58.9 Å². The molecule has 0 aliphatic heterocycles. The zero-order valence-corrected chi connectivity index (χ0v) is 19.5. The van der Waals surface area contributed by atoms with Gasteiger partial charge in [0.2, 0.25) is 0 Å². The molecule has 0 spiro atoms. The van der Waals surface area contributed by atoms with E-state index in [1.54, 1.807) is 0 Å². The Morgan fingerprint density at radius 1 is 0.818 bits per heavy atom. The Labute approximate surface area is 139 Å². The minimum absolute atomic E-state index is 0.0522. The van der Waals surface area contributed by atoms with Crippen LogP contribution in [0.5, 0.6) is 0 Å². The van der Waals surface area contributed by atoms with Gasteiger partial charge in [0, 0.05) is 6.08 Å². The fraction of sp³-hybridized carbons (Fsp3) is 0.769. The minimum Gasteiger partial charge on any atom is -0.458 e. The van der Waals surface area contributed by atoms with Crippen molar-refractivity contribution in [2.24, 2.45) is 0 Å². The monoisotopic (exact) mass is 380 g/mol. The molecule has 0 atom stereocenters. The Hall–Kier alpha value is -0.0425. The van der Waals surface area contributed by atoms with Gasteiger partial charge in [0.05, 0.1) is 0 Å². The summed E-state index contributed by atoms with van der Waals surface area (Å²) in [7, 11) is -8.89. The summed E-state index contributed by atoms with van der Waals surface area (Å²) in [6.45, 7) is 22.2. The van der Waals surface area contributed by atoms with Crippen LogP contribution in [0, 0.1) is 0 Å². The fourth-order valence-electron chi connectivity index (χ4n) is 1.77. The maximum Gasteiger partial charge on any atom is 0.509 e. The third-order valence-electron chi connectivity index (χ3n) is 1.94. The van der Waals surface area contributed by atoms with Crippen LogP contribution in [0.15, 0.2) is 12.7 Å². The lowest BCUT2D eigenvalue weighted by Crippen LogP contribution is -2.63. The highest BCUT2D eigenvalue weighted by molar-refractivity contribution is 6.90. The Bertz CT molecular complexity index is 352. The lowest BCUT2D eigenvalue weighted by atomic mass is 10.7. The summed E-state index contributed by atoms with van der Waals surface area (Å²) in [5, 5.41) is 0. The highest BCUT2D eigenvalue weighted by atomic mass is 28.5. The predicted molar refractivity (Wildman–Crippen MR) is 100 cm³/mol. The van der Waals surface area contributed by atoms with Crippen molar-refractivity contribution in [1.29, 1.82) is 0 Å². The van der Waals surface area contributed by atoms with Gasteiger partial charge in [0.1, 0.15) is 0 Å². The van der Waals surface area contributed by atoms with Gasteiger partial charge in [-0.25, -0.2) is 4.79 Å². The fourth-order valence-corrected chi connectivity index (χ4v) is 15.6. The number of esters is 1. The molecular formula is C13H32O5Si4. The van der Waals surface area contributed by atoms with Crippen LogP contribution in [0.25, 0.3) is 0 Å². The zero-order chi connectivity index (χ0) is 17.8. The van der Waals surface area contributed by atoms with E-state index in [0.29, 0.717) is 0 Å². The van der Waals surface area contributed by atoms with Gasteiger partial charge in [-0.05, 0) is 58.9 Å². The van der Waals surface area contributed by atoms with E-state index in [-0.39, 0.29) is 6.23 Å². The highest BCUT2D eigenvalue weighted by Crippen LogP contribution is 2.26. The van der Waals surface area contributed by atoms with Crippen molar-refractivity contribution in [3.05, 3.63) is 12.7 Å². The van der Waals surface area contributed by atoms with Gasteiger partial charge in [0.15, 0.2) is 31.2 Å². The molecule has 0 aliphatic carbocycles.